The minimum atomic E-state index is -0.499. The van der Waals surface area contributed by atoms with E-state index in [0.29, 0.717) is 5.84 Å². The molecule has 2 aliphatic heterocycles. The molecule has 6 nitrogen and oxygen atoms in total. The third-order valence-corrected chi connectivity index (χ3v) is 5.61. The van der Waals surface area contributed by atoms with Crippen LogP contribution in [-0.4, -0.2) is 52.5 Å². The van der Waals surface area contributed by atoms with E-state index in [0.717, 1.165) is 34.6 Å². The third kappa shape index (κ3) is 3.28. The molecule has 0 saturated heterocycles. The Hall–Kier alpha value is -2.28. The molecule has 0 fully saturated rings. The minimum absolute atomic E-state index is 0.211. The van der Waals surface area contributed by atoms with Gasteiger partial charge in [0.2, 0.25) is 0 Å². The summed E-state index contributed by atoms with van der Waals surface area (Å²) in [5.41, 5.74) is 2.18. The molecule has 0 saturated carbocycles. The number of rotatable bonds is 5. The van der Waals surface area contributed by atoms with E-state index in [1.807, 2.05) is 24.5 Å². The molecule has 1 aromatic heterocycles. The van der Waals surface area contributed by atoms with Gasteiger partial charge < -0.3 is 0 Å². The zero-order valence-corrected chi connectivity index (χ0v) is 15.4. The van der Waals surface area contributed by atoms with Gasteiger partial charge in [-0.3, -0.25) is 9.78 Å². The summed E-state index contributed by atoms with van der Waals surface area (Å²) >= 11 is 1.64. The van der Waals surface area contributed by atoms with Crippen LogP contribution < -0.4 is 0 Å². The number of imide groups is 1. The number of thioether (sulfide) groups is 1. The SMILES string of the molecule is CCCC1=C(SCc2cccnc2)C2C(=O)N(C)C(=O)[N+](C)=C2N=C1. The van der Waals surface area contributed by atoms with Gasteiger partial charge in [0.25, 0.3) is 5.84 Å². The summed E-state index contributed by atoms with van der Waals surface area (Å²) in [6.07, 6.45) is 7.22. The van der Waals surface area contributed by atoms with E-state index in [9.17, 15) is 9.59 Å². The lowest BCUT2D eigenvalue weighted by Gasteiger charge is -2.28. The molecule has 3 heterocycles. The van der Waals surface area contributed by atoms with Gasteiger partial charge in [-0.25, -0.2) is 4.79 Å². The number of aromatic nitrogens is 1. The van der Waals surface area contributed by atoms with Gasteiger partial charge in [0, 0.05) is 23.1 Å². The van der Waals surface area contributed by atoms with Gasteiger partial charge in [-0.15, -0.1) is 16.8 Å². The molecule has 130 valence electrons. The zero-order valence-electron chi connectivity index (χ0n) is 14.6. The van der Waals surface area contributed by atoms with E-state index < -0.39 is 5.92 Å². The molecule has 1 aromatic rings. The first kappa shape index (κ1) is 17.5. The second-order valence-electron chi connectivity index (χ2n) is 6.08. The van der Waals surface area contributed by atoms with Crippen LogP contribution >= 0.6 is 11.8 Å². The summed E-state index contributed by atoms with van der Waals surface area (Å²) in [7, 11) is 3.19. The first-order valence-electron chi connectivity index (χ1n) is 8.25. The molecule has 0 spiro atoms. The van der Waals surface area contributed by atoms with Crippen LogP contribution in [0.2, 0.25) is 0 Å². The maximum Gasteiger partial charge on any atom is 0.445 e. The lowest BCUT2D eigenvalue weighted by molar-refractivity contribution is -0.407. The van der Waals surface area contributed by atoms with E-state index in [1.54, 1.807) is 25.0 Å². The van der Waals surface area contributed by atoms with Crippen molar-refractivity contribution < 1.29 is 14.2 Å². The Balaban J connectivity index is 1.99. The monoisotopic (exact) mass is 357 g/mol. The number of urea groups is 1. The number of amides is 3. The topological polar surface area (TPSA) is 65.6 Å². The van der Waals surface area contributed by atoms with Crippen LogP contribution in [0.3, 0.4) is 0 Å². The third-order valence-electron chi connectivity index (χ3n) is 4.32. The van der Waals surface area contributed by atoms with Crippen molar-refractivity contribution in [1.82, 2.24) is 9.88 Å². The van der Waals surface area contributed by atoms with Crippen molar-refractivity contribution in [2.75, 3.05) is 14.1 Å². The van der Waals surface area contributed by atoms with Crippen LogP contribution in [0.15, 0.2) is 40.0 Å². The van der Waals surface area contributed by atoms with Gasteiger partial charge in [-0.05, 0) is 23.6 Å². The average Bonchev–Trinajstić information content (AvgIpc) is 2.64. The number of dihydropyridines is 1. The highest BCUT2D eigenvalue weighted by atomic mass is 32.2. The summed E-state index contributed by atoms with van der Waals surface area (Å²) in [5, 5.41) is 0. The number of allylic oxidation sites excluding steroid dienone is 1. The molecular formula is C18H21N4O2S+. The summed E-state index contributed by atoms with van der Waals surface area (Å²) < 4.78 is 1.47. The summed E-state index contributed by atoms with van der Waals surface area (Å²) in [6, 6.07) is 3.58. The Labute approximate surface area is 151 Å². The average molecular weight is 357 g/mol. The summed E-state index contributed by atoms with van der Waals surface area (Å²) in [6.45, 7) is 2.11. The van der Waals surface area contributed by atoms with Gasteiger partial charge in [0.1, 0.15) is 6.21 Å². The van der Waals surface area contributed by atoms with E-state index in [2.05, 4.69) is 16.9 Å². The van der Waals surface area contributed by atoms with Crippen molar-refractivity contribution in [3.8, 4) is 0 Å². The predicted molar refractivity (Wildman–Crippen MR) is 98.8 cm³/mol. The standard InChI is InChI=1S/C18H21N4O2S/c1-4-6-13-10-20-16-14(17(23)22(3)18(24)21(16)2)15(13)25-11-12-7-5-8-19-9-12/h5,7-10,14H,4,6,11H2,1-3H3/q+1. The molecule has 1 atom stereocenters. The van der Waals surface area contributed by atoms with Crippen LogP contribution in [0.1, 0.15) is 25.3 Å². The van der Waals surface area contributed by atoms with Gasteiger partial charge >= 0.3 is 11.9 Å². The number of pyridine rings is 1. The molecule has 0 N–H and O–H groups in total. The Morgan fingerprint density at radius 3 is 2.84 bits per heavy atom. The highest BCUT2D eigenvalue weighted by Crippen LogP contribution is 2.37. The molecule has 7 heteroatoms. The van der Waals surface area contributed by atoms with Crippen LogP contribution in [0.25, 0.3) is 0 Å². The summed E-state index contributed by atoms with van der Waals surface area (Å²) in [5.74, 6) is 0.530. The number of nitrogens with zero attached hydrogens (tertiary/aromatic N) is 4. The summed E-state index contributed by atoms with van der Waals surface area (Å²) in [4.78, 5) is 35.8. The molecule has 0 radical (unpaired) electrons. The van der Waals surface area contributed by atoms with Crippen molar-refractivity contribution in [2.24, 2.45) is 10.9 Å². The molecule has 3 rings (SSSR count). The number of fused-ring (bicyclic) bond motifs is 1. The second kappa shape index (κ2) is 7.31. The van der Waals surface area contributed by atoms with E-state index in [4.69, 9.17) is 0 Å². The molecule has 2 aliphatic rings. The first-order chi connectivity index (χ1) is 12.0. The lowest BCUT2D eigenvalue weighted by Crippen LogP contribution is -2.52. The number of carbonyl (C=O) groups excluding carboxylic acids is 2. The fraction of sp³-hybridized carbons (Fsp3) is 0.389. The van der Waals surface area contributed by atoms with Crippen molar-refractivity contribution in [3.05, 3.63) is 40.6 Å². The lowest BCUT2D eigenvalue weighted by atomic mass is 9.96. The molecular weight excluding hydrogens is 336 g/mol. The normalized spacial score (nSPS) is 20.4. The van der Waals surface area contributed by atoms with Crippen molar-refractivity contribution in [1.29, 1.82) is 0 Å². The predicted octanol–water partition coefficient (Wildman–Crippen LogP) is 2.70. The Bertz CT molecular complexity index is 799. The van der Waals surface area contributed by atoms with Crippen LogP contribution in [-0.2, 0) is 10.5 Å². The second-order valence-corrected chi connectivity index (χ2v) is 7.09. The van der Waals surface area contributed by atoms with E-state index >= 15 is 0 Å². The smallest absolute Gasteiger partial charge is 0.264 e. The Morgan fingerprint density at radius 1 is 1.36 bits per heavy atom. The van der Waals surface area contributed by atoms with Crippen LogP contribution in [0, 0.1) is 5.92 Å². The first-order valence-corrected chi connectivity index (χ1v) is 9.24. The maximum absolute atomic E-state index is 12.8. The fourth-order valence-electron chi connectivity index (χ4n) is 2.98. The zero-order chi connectivity index (χ0) is 18.0. The van der Waals surface area contributed by atoms with Gasteiger partial charge in [-0.2, -0.15) is 9.48 Å². The van der Waals surface area contributed by atoms with E-state index in [1.165, 1.54) is 16.5 Å². The van der Waals surface area contributed by atoms with Crippen LogP contribution in [0.5, 0.6) is 0 Å². The number of hydrogen-bond donors (Lipinski definition) is 0. The quantitative estimate of drug-likeness (QED) is 0.760. The van der Waals surface area contributed by atoms with Crippen molar-refractivity contribution in [3.63, 3.8) is 0 Å². The van der Waals surface area contributed by atoms with Crippen molar-refractivity contribution >= 4 is 35.8 Å². The number of amidine groups is 1. The largest absolute Gasteiger partial charge is 0.445 e. The number of carbonyl (C=O) groups is 2. The molecule has 1 unspecified atom stereocenters. The van der Waals surface area contributed by atoms with Crippen molar-refractivity contribution in [2.45, 2.75) is 25.5 Å². The van der Waals surface area contributed by atoms with Gasteiger partial charge in [0.15, 0.2) is 5.92 Å². The Kier molecular flexibility index (Phi) is 5.13. The minimum Gasteiger partial charge on any atom is -0.264 e. The molecule has 3 amide bonds. The number of aliphatic imine (C=N–C) groups is 1. The Morgan fingerprint density at radius 2 is 2.16 bits per heavy atom. The van der Waals surface area contributed by atoms with Gasteiger partial charge in [0.05, 0.1) is 14.1 Å². The molecule has 25 heavy (non-hydrogen) atoms. The fourth-order valence-corrected chi connectivity index (χ4v) is 4.18. The maximum atomic E-state index is 12.8. The van der Waals surface area contributed by atoms with Crippen LogP contribution in [0.4, 0.5) is 4.79 Å². The number of hydrogen-bond acceptors (Lipinski definition) is 5. The highest BCUT2D eigenvalue weighted by Gasteiger charge is 2.48. The van der Waals surface area contributed by atoms with E-state index in [-0.39, 0.29) is 11.9 Å². The molecule has 0 bridgehead atoms. The highest BCUT2D eigenvalue weighted by molar-refractivity contribution is 8.02. The molecule has 0 aromatic carbocycles. The molecule has 0 aliphatic carbocycles. The van der Waals surface area contributed by atoms with Gasteiger partial charge in [-0.1, -0.05) is 19.4 Å².